The summed E-state index contributed by atoms with van der Waals surface area (Å²) in [6.45, 7) is 8.05. The number of hydrogen-bond donors (Lipinski definition) is 0. The Labute approximate surface area is 115 Å². The molecule has 0 aromatic heterocycles. The summed E-state index contributed by atoms with van der Waals surface area (Å²) in [5, 5.41) is 0. The van der Waals surface area contributed by atoms with Crippen LogP contribution < -0.4 is 0 Å². The largest absolute Gasteiger partial charge is 0.373 e. The molecule has 1 unspecified atom stereocenters. The van der Waals surface area contributed by atoms with E-state index in [1.165, 1.54) is 70.6 Å². The average molecular weight is 254 g/mol. The third-order valence-electron chi connectivity index (χ3n) is 4.87. The summed E-state index contributed by atoms with van der Waals surface area (Å²) in [6, 6.07) is 0. The second-order valence-corrected chi connectivity index (χ2v) is 6.24. The summed E-state index contributed by atoms with van der Waals surface area (Å²) in [7, 11) is 0. The minimum absolute atomic E-state index is 0.588. The average Bonchev–Trinajstić information content (AvgIpc) is 3.20. The highest BCUT2D eigenvalue weighted by atomic mass is 16.6. The first kappa shape index (κ1) is 16.0. The van der Waals surface area contributed by atoms with Crippen molar-refractivity contribution in [1.82, 2.24) is 0 Å². The van der Waals surface area contributed by atoms with Crippen LogP contribution in [0.2, 0.25) is 0 Å². The van der Waals surface area contributed by atoms with Crippen LogP contribution in [0.1, 0.15) is 91.4 Å². The molecular formula is C17H34O. The Morgan fingerprint density at radius 3 is 1.94 bits per heavy atom. The van der Waals surface area contributed by atoms with Gasteiger partial charge in [-0.1, -0.05) is 78.6 Å². The summed E-state index contributed by atoms with van der Waals surface area (Å²) in [6.07, 6.45) is 16.0. The maximum atomic E-state index is 5.44. The maximum Gasteiger partial charge on any atom is 0.0815 e. The van der Waals surface area contributed by atoms with Gasteiger partial charge < -0.3 is 4.74 Å². The van der Waals surface area contributed by atoms with Gasteiger partial charge in [0, 0.05) is 0 Å². The molecule has 1 aliphatic heterocycles. The highest BCUT2D eigenvalue weighted by Gasteiger charge is 2.34. The van der Waals surface area contributed by atoms with Crippen molar-refractivity contribution in [2.75, 3.05) is 6.61 Å². The summed E-state index contributed by atoms with van der Waals surface area (Å²) in [5.41, 5.74) is 0.588. The zero-order chi connectivity index (χ0) is 13.3. The standard InChI is InChI=1S/C17H34O/c1-4-7-8-9-10-11-12-13-17(5-2,6-3)14-16-15-18-16/h16H,4-15H2,1-3H3. The van der Waals surface area contributed by atoms with E-state index in [1.54, 1.807) is 0 Å². The first-order chi connectivity index (χ1) is 8.76. The van der Waals surface area contributed by atoms with Gasteiger partial charge in [-0.3, -0.25) is 0 Å². The molecule has 1 heteroatoms. The van der Waals surface area contributed by atoms with E-state index in [2.05, 4.69) is 20.8 Å². The molecule has 1 heterocycles. The molecule has 1 atom stereocenters. The fourth-order valence-electron chi connectivity index (χ4n) is 3.12. The molecule has 0 radical (unpaired) electrons. The Bertz CT molecular complexity index is 192. The smallest absolute Gasteiger partial charge is 0.0815 e. The van der Waals surface area contributed by atoms with Gasteiger partial charge in [0.15, 0.2) is 0 Å². The van der Waals surface area contributed by atoms with Crippen molar-refractivity contribution in [3.8, 4) is 0 Å². The van der Waals surface area contributed by atoms with Gasteiger partial charge in [0.05, 0.1) is 12.7 Å². The zero-order valence-corrected chi connectivity index (χ0v) is 13.0. The Hall–Kier alpha value is -0.0400. The first-order valence-electron chi connectivity index (χ1n) is 8.38. The Morgan fingerprint density at radius 1 is 0.889 bits per heavy atom. The molecule has 0 amide bonds. The third-order valence-corrected chi connectivity index (χ3v) is 4.87. The van der Waals surface area contributed by atoms with Gasteiger partial charge >= 0.3 is 0 Å². The van der Waals surface area contributed by atoms with E-state index in [4.69, 9.17) is 4.74 Å². The molecule has 0 spiro atoms. The van der Waals surface area contributed by atoms with Crippen molar-refractivity contribution in [2.45, 2.75) is 97.5 Å². The van der Waals surface area contributed by atoms with E-state index in [0.29, 0.717) is 11.5 Å². The summed E-state index contributed by atoms with van der Waals surface area (Å²) >= 11 is 0. The predicted octanol–water partition coefficient (Wildman–Crippen LogP) is 5.72. The molecule has 0 N–H and O–H groups in total. The van der Waals surface area contributed by atoms with Crippen LogP contribution in [0.4, 0.5) is 0 Å². The van der Waals surface area contributed by atoms with Crippen LogP contribution in [0.25, 0.3) is 0 Å². The van der Waals surface area contributed by atoms with Gasteiger partial charge in [0.1, 0.15) is 0 Å². The topological polar surface area (TPSA) is 12.5 Å². The van der Waals surface area contributed by atoms with Crippen LogP contribution >= 0.6 is 0 Å². The van der Waals surface area contributed by atoms with Crippen LogP contribution in [0.5, 0.6) is 0 Å². The van der Waals surface area contributed by atoms with E-state index in [0.717, 1.165) is 6.61 Å². The molecule has 0 saturated carbocycles. The fraction of sp³-hybridized carbons (Fsp3) is 1.00. The Morgan fingerprint density at radius 2 is 1.44 bits per heavy atom. The van der Waals surface area contributed by atoms with Crippen molar-refractivity contribution in [3.63, 3.8) is 0 Å². The van der Waals surface area contributed by atoms with Gasteiger partial charge in [0.2, 0.25) is 0 Å². The van der Waals surface area contributed by atoms with Crippen LogP contribution in [-0.2, 0) is 4.74 Å². The number of ether oxygens (including phenoxy) is 1. The van der Waals surface area contributed by atoms with Crippen molar-refractivity contribution in [1.29, 1.82) is 0 Å². The molecule has 1 fully saturated rings. The highest BCUT2D eigenvalue weighted by molar-refractivity contribution is 4.84. The quantitative estimate of drug-likeness (QED) is 0.320. The van der Waals surface area contributed by atoms with Crippen molar-refractivity contribution < 1.29 is 4.74 Å². The van der Waals surface area contributed by atoms with Crippen LogP contribution in [0.15, 0.2) is 0 Å². The van der Waals surface area contributed by atoms with Crippen molar-refractivity contribution in [2.24, 2.45) is 5.41 Å². The summed E-state index contributed by atoms with van der Waals surface area (Å²) < 4.78 is 5.44. The zero-order valence-electron chi connectivity index (χ0n) is 13.0. The van der Waals surface area contributed by atoms with Crippen LogP contribution in [0, 0.1) is 5.41 Å². The Kier molecular flexibility index (Phi) is 7.97. The maximum absolute atomic E-state index is 5.44. The lowest BCUT2D eigenvalue weighted by Gasteiger charge is -2.31. The number of rotatable bonds is 12. The van der Waals surface area contributed by atoms with Crippen LogP contribution in [-0.4, -0.2) is 12.7 Å². The molecular weight excluding hydrogens is 220 g/mol. The molecule has 0 aromatic carbocycles. The highest BCUT2D eigenvalue weighted by Crippen LogP contribution is 2.40. The van der Waals surface area contributed by atoms with Gasteiger partial charge in [-0.05, 0) is 18.3 Å². The van der Waals surface area contributed by atoms with E-state index in [-0.39, 0.29) is 0 Å². The Balaban J connectivity index is 2.09. The monoisotopic (exact) mass is 254 g/mol. The van der Waals surface area contributed by atoms with Gasteiger partial charge in [-0.25, -0.2) is 0 Å². The minimum atomic E-state index is 0.588. The molecule has 1 nitrogen and oxygen atoms in total. The molecule has 0 bridgehead atoms. The molecule has 108 valence electrons. The van der Waals surface area contributed by atoms with Crippen molar-refractivity contribution >= 4 is 0 Å². The predicted molar refractivity (Wildman–Crippen MR) is 80.0 cm³/mol. The van der Waals surface area contributed by atoms with Gasteiger partial charge in [-0.15, -0.1) is 0 Å². The van der Waals surface area contributed by atoms with Gasteiger partial charge in [0.25, 0.3) is 0 Å². The van der Waals surface area contributed by atoms with E-state index >= 15 is 0 Å². The molecule has 18 heavy (non-hydrogen) atoms. The SMILES string of the molecule is CCCCCCCCCC(CC)(CC)CC1CO1. The van der Waals surface area contributed by atoms with E-state index in [1.807, 2.05) is 0 Å². The molecule has 1 saturated heterocycles. The molecule has 0 aliphatic carbocycles. The third kappa shape index (κ3) is 6.22. The van der Waals surface area contributed by atoms with E-state index < -0.39 is 0 Å². The normalized spacial score (nSPS) is 19.2. The summed E-state index contributed by atoms with van der Waals surface area (Å²) in [4.78, 5) is 0. The number of epoxide rings is 1. The number of unbranched alkanes of at least 4 members (excludes halogenated alkanes) is 6. The lowest BCUT2D eigenvalue weighted by Crippen LogP contribution is -2.21. The summed E-state index contributed by atoms with van der Waals surface area (Å²) in [5.74, 6) is 0. The lowest BCUT2D eigenvalue weighted by atomic mass is 9.74. The fourth-order valence-corrected chi connectivity index (χ4v) is 3.12. The second kappa shape index (κ2) is 8.96. The van der Waals surface area contributed by atoms with Crippen molar-refractivity contribution in [3.05, 3.63) is 0 Å². The number of hydrogen-bond acceptors (Lipinski definition) is 1. The molecule has 1 rings (SSSR count). The van der Waals surface area contributed by atoms with Crippen LogP contribution in [0.3, 0.4) is 0 Å². The molecule has 0 aromatic rings. The molecule has 1 aliphatic rings. The first-order valence-corrected chi connectivity index (χ1v) is 8.38. The van der Waals surface area contributed by atoms with Gasteiger partial charge in [-0.2, -0.15) is 0 Å². The van der Waals surface area contributed by atoms with E-state index in [9.17, 15) is 0 Å². The lowest BCUT2D eigenvalue weighted by molar-refractivity contribution is 0.185. The minimum Gasteiger partial charge on any atom is -0.373 e. The second-order valence-electron chi connectivity index (χ2n) is 6.24.